The molecule has 0 amide bonds. The maximum atomic E-state index is 6.09. The van der Waals surface area contributed by atoms with Gasteiger partial charge >= 0.3 is 0 Å². The third-order valence-corrected chi connectivity index (χ3v) is 5.28. The van der Waals surface area contributed by atoms with E-state index < -0.39 is 0 Å². The zero-order valence-electron chi connectivity index (χ0n) is 17.5. The summed E-state index contributed by atoms with van der Waals surface area (Å²) < 4.78 is 12.2. The van der Waals surface area contributed by atoms with Crippen molar-refractivity contribution < 1.29 is 20.1 Å². The van der Waals surface area contributed by atoms with Crippen LogP contribution in [-0.4, -0.2) is 26.3 Å². The number of aryl methyl sites for hydroxylation is 2. The first-order chi connectivity index (χ1) is 13.7. The minimum absolute atomic E-state index is 0.744. The Morgan fingerprint density at radius 1 is 0.643 bits per heavy atom. The van der Waals surface area contributed by atoms with E-state index in [1.165, 1.54) is 48.2 Å². The summed E-state index contributed by atoms with van der Waals surface area (Å²) in [5, 5.41) is 4.83. The molecule has 0 fully saturated rings. The van der Waals surface area contributed by atoms with E-state index in [2.05, 4.69) is 60.9 Å². The molecule has 0 saturated heterocycles. The summed E-state index contributed by atoms with van der Waals surface area (Å²) in [6.07, 6.45) is 4.50. The molecule has 1 aliphatic heterocycles. The summed E-state index contributed by atoms with van der Waals surface area (Å²) in [5.41, 5.74) is 5.23. The lowest BCUT2D eigenvalue weighted by molar-refractivity contribution is -0.680. The fourth-order valence-electron chi connectivity index (χ4n) is 3.68. The second-order valence-corrected chi connectivity index (χ2v) is 7.90. The fraction of sp³-hybridized carbons (Fsp3) is 0.500. The lowest BCUT2D eigenvalue weighted by Crippen LogP contribution is -2.84. The standard InChI is InChI=1S/C24H34N2O2/c1-19-7-9-23-21(15-19)17-25-11-3-4-12-26-18-22-16-20(2)8-10-24(22)28-14-6-5-13-27-23/h7-10,15-16,25-26H,3-6,11-14,17-18H2,1-2H3/p+2. The van der Waals surface area contributed by atoms with E-state index >= 15 is 0 Å². The van der Waals surface area contributed by atoms with Gasteiger partial charge in [0.05, 0.1) is 26.3 Å². The number of benzene rings is 2. The molecular weight excluding hydrogens is 348 g/mol. The van der Waals surface area contributed by atoms with Gasteiger partial charge in [-0.05, 0) is 51.0 Å². The molecule has 0 aromatic heterocycles. The van der Waals surface area contributed by atoms with Gasteiger partial charge in [-0.25, -0.2) is 0 Å². The van der Waals surface area contributed by atoms with Crippen molar-refractivity contribution in [2.45, 2.75) is 52.6 Å². The van der Waals surface area contributed by atoms with Gasteiger partial charge in [0.15, 0.2) is 0 Å². The normalized spacial score (nSPS) is 17.2. The van der Waals surface area contributed by atoms with Crippen LogP contribution in [0.4, 0.5) is 0 Å². The van der Waals surface area contributed by atoms with Crippen LogP contribution in [0.15, 0.2) is 36.4 Å². The largest absolute Gasteiger partial charge is 0.493 e. The molecule has 0 aliphatic carbocycles. The number of fused-ring (bicyclic) bond motifs is 2. The topological polar surface area (TPSA) is 51.7 Å². The van der Waals surface area contributed by atoms with Crippen LogP contribution < -0.4 is 20.1 Å². The zero-order valence-corrected chi connectivity index (χ0v) is 17.5. The minimum atomic E-state index is 0.744. The van der Waals surface area contributed by atoms with Crippen LogP contribution in [0, 0.1) is 13.8 Å². The van der Waals surface area contributed by atoms with Crippen LogP contribution in [0.3, 0.4) is 0 Å². The molecule has 28 heavy (non-hydrogen) atoms. The average molecular weight is 385 g/mol. The summed E-state index contributed by atoms with van der Waals surface area (Å²) in [6.45, 7) is 10.1. The van der Waals surface area contributed by atoms with Gasteiger partial charge in [-0.3, -0.25) is 0 Å². The Morgan fingerprint density at radius 2 is 1.11 bits per heavy atom. The van der Waals surface area contributed by atoms with Gasteiger partial charge in [0.1, 0.15) is 24.6 Å². The van der Waals surface area contributed by atoms with E-state index in [9.17, 15) is 0 Å². The highest BCUT2D eigenvalue weighted by Crippen LogP contribution is 2.21. The number of rotatable bonds is 0. The SMILES string of the molecule is Cc1ccc2c(c1)C[NH2+]CCCC[NH2+]Cc1cc(C)ccc1OCCCCO2. The van der Waals surface area contributed by atoms with Crippen molar-refractivity contribution in [3.63, 3.8) is 0 Å². The summed E-state index contributed by atoms with van der Waals surface area (Å²) in [7, 11) is 0. The van der Waals surface area contributed by atoms with E-state index in [-0.39, 0.29) is 0 Å². The first-order valence-electron chi connectivity index (χ1n) is 10.8. The summed E-state index contributed by atoms with van der Waals surface area (Å²) >= 11 is 0. The molecule has 1 aliphatic rings. The van der Waals surface area contributed by atoms with Crippen molar-refractivity contribution in [1.29, 1.82) is 0 Å². The molecule has 3 rings (SSSR count). The highest BCUT2D eigenvalue weighted by molar-refractivity contribution is 5.37. The van der Waals surface area contributed by atoms with E-state index in [0.717, 1.165) is 50.6 Å². The Hall–Kier alpha value is -2.04. The zero-order chi connectivity index (χ0) is 19.6. The number of hydrogen-bond acceptors (Lipinski definition) is 2. The van der Waals surface area contributed by atoms with Crippen molar-refractivity contribution in [3.8, 4) is 11.5 Å². The molecule has 0 bridgehead atoms. The van der Waals surface area contributed by atoms with Crippen LogP contribution >= 0.6 is 0 Å². The Morgan fingerprint density at radius 3 is 1.57 bits per heavy atom. The summed E-state index contributed by atoms with van der Waals surface area (Å²) in [6, 6.07) is 13.1. The van der Waals surface area contributed by atoms with E-state index in [0.29, 0.717) is 0 Å². The maximum Gasteiger partial charge on any atom is 0.128 e. The van der Waals surface area contributed by atoms with Gasteiger partial charge in [0.25, 0.3) is 0 Å². The molecule has 2 aromatic rings. The number of quaternary nitrogens is 2. The van der Waals surface area contributed by atoms with Crippen LogP contribution in [0.2, 0.25) is 0 Å². The van der Waals surface area contributed by atoms with Gasteiger partial charge in [-0.2, -0.15) is 0 Å². The van der Waals surface area contributed by atoms with Crippen molar-refractivity contribution in [1.82, 2.24) is 0 Å². The van der Waals surface area contributed by atoms with Crippen molar-refractivity contribution in [2.75, 3.05) is 26.3 Å². The molecule has 0 radical (unpaired) electrons. The number of ether oxygens (including phenoxy) is 2. The Bertz CT molecular complexity index is 682. The van der Waals surface area contributed by atoms with E-state index in [1.807, 2.05) is 0 Å². The Labute approximate surface area is 169 Å². The lowest BCUT2D eigenvalue weighted by atomic mass is 10.1. The third kappa shape index (κ3) is 6.54. The van der Waals surface area contributed by atoms with Crippen LogP contribution in [0.1, 0.15) is 47.9 Å². The van der Waals surface area contributed by atoms with Gasteiger partial charge in [-0.1, -0.05) is 23.3 Å². The van der Waals surface area contributed by atoms with Gasteiger partial charge < -0.3 is 20.1 Å². The quantitative estimate of drug-likeness (QED) is 0.733. The average Bonchev–Trinajstić information content (AvgIpc) is 2.68. The van der Waals surface area contributed by atoms with Gasteiger partial charge in [0.2, 0.25) is 0 Å². The lowest BCUT2D eigenvalue weighted by Gasteiger charge is -2.14. The molecule has 0 atom stereocenters. The molecular formula is C24H36N2O2+2. The minimum Gasteiger partial charge on any atom is -0.493 e. The molecule has 0 unspecified atom stereocenters. The first kappa shape index (κ1) is 20.7. The van der Waals surface area contributed by atoms with Crippen LogP contribution in [0.25, 0.3) is 0 Å². The van der Waals surface area contributed by atoms with Gasteiger partial charge in [-0.15, -0.1) is 0 Å². The van der Waals surface area contributed by atoms with Crippen LogP contribution in [-0.2, 0) is 13.1 Å². The van der Waals surface area contributed by atoms with Crippen molar-refractivity contribution >= 4 is 0 Å². The predicted octanol–water partition coefficient (Wildman–Crippen LogP) is 2.46. The Balaban J connectivity index is 1.61. The molecule has 0 saturated carbocycles. The first-order valence-corrected chi connectivity index (χ1v) is 10.8. The van der Waals surface area contributed by atoms with Crippen molar-refractivity contribution in [2.24, 2.45) is 0 Å². The molecule has 152 valence electrons. The highest BCUT2D eigenvalue weighted by atomic mass is 16.5. The Kier molecular flexibility index (Phi) is 8.19. The third-order valence-electron chi connectivity index (χ3n) is 5.28. The smallest absolute Gasteiger partial charge is 0.128 e. The fourth-order valence-corrected chi connectivity index (χ4v) is 3.68. The number of nitrogens with two attached hydrogens (primary N) is 2. The predicted molar refractivity (Wildman–Crippen MR) is 113 cm³/mol. The molecule has 4 heteroatoms. The summed E-state index contributed by atoms with van der Waals surface area (Å²) in [4.78, 5) is 0. The molecule has 2 aromatic carbocycles. The van der Waals surface area contributed by atoms with E-state index in [4.69, 9.17) is 9.47 Å². The van der Waals surface area contributed by atoms with Crippen LogP contribution in [0.5, 0.6) is 11.5 Å². The summed E-state index contributed by atoms with van der Waals surface area (Å²) in [5.74, 6) is 2.08. The monoisotopic (exact) mass is 384 g/mol. The number of hydrogen-bond donors (Lipinski definition) is 2. The second-order valence-electron chi connectivity index (χ2n) is 7.90. The molecule has 4 nitrogen and oxygen atoms in total. The van der Waals surface area contributed by atoms with Gasteiger partial charge in [0, 0.05) is 24.0 Å². The molecule has 0 spiro atoms. The van der Waals surface area contributed by atoms with E-state index in [1.54, 1.807) is 0 Å². The van der Waals surface area contributed by atoms with Crippen molar-refractivity contribution in [3.05, 3.63) is 58.7 Å². The molecule has 1 heterocycles. The molecule has 4 N–H and O–H groups in total. The highest BCUT2D eigenvalue weighted by Gasteiger charge is 2.09. The second kappa shape index (κ2) is 11.1. The maximum absolute atomic E-state index is 6.09.